The Morgan fingerprint density at radius 1 is 1.09 bits per heavy atom. The number of rotatable bonds is 4. The van der Waals surface area contributed by atoms with E-state index in [1.165, 1.54) is 0 Å². The number of ether oxygens (including phenoxy) is 3. The summed E-state index contributed by atoms with van der Waals surface area (Å²) in [6.07, 6.45) is 0. The van der Waals surface area contributed by atoms with Gasteiger partial charge in [0, 0.05) is 11.8 Å². The summed E-state index contributed by atoms with van der Waals surface area (Å²) in [5, 5.41) is 5.55. The second kappa shape index (κ2) is 6.91. The molecule has 0 bridgehead atoms. The van der Waals surface area contributed by atoms with Crippen LogP contribution in [0.1, 0.15) is 6.92 Å². The molecular weight excluding hydrogens is 296 g/mol. The minimum absolute atomic E-state index is 0.353. The molecule has 120 valence electrons. The van der Waals surface area contributed by atoms with E-state index >= 15 is 0 Å². The molecule has 0 saturated carbocycles. The number of hydrogen-bond donors (Lipinski definition) is 2. The Bertz CT molecular complexity index is 703. The molecule has 0 aliphatic carbocycles. The predicted molar refractivity (Wildman–Crippen MR) is 87.7 cm³/mol. The number of urea groups is 1. The molecule has 23 heavy (non-hydrogen) atoms. The summed E-state index contributed by atoms with van der Waals surface area (Å²) in [5.41, 5.74) is 1.24. The molecule has 2 N–H and O–H groups in total. The first-order valence-electron chi connectivity index (χ1n) is 7.46. The topological polar surface area (TPSA) is 68.8 Å². The van der Waals surface area contributed by atoms with Gasteiger partial charge in [-0.25, -0.2) is 4.79 Å². The fourth-order valence-corrected chi connectivity index (χ4v) is 2.26. The average Bonchev–Trinajstić information content (AvgIpc) is 2.57. The van der Waals surface area contributed by atoms with Crippen LogP contribution in [0.25, 0.3) is 0 Å². The fourth-order valence-electron chi connectivity index (χ4n) is 2.26. The lowest BCUT2D eigenvalue weighted by Gasteiger charge is -2.19. The minimum Gasteiger partial charge on any atom is -0.492 e. The first kappa shape index (κ1) is 15.0. The number of benzene rings is 2. The molecule has 1 heterocycles. The zero-order chi connectivity index (χ0) is 16.1. The van der Waals surface area contributed by atoms with Crippen LogP contribution in [-0.2, 0) is 0 Å². The molecule has 1 aliphatic heterocycles. The zero-order valence-electron chi connectivity index (χ0n) is 12.8. The van der Waals surface area contributed by atoms with Crippen molar-refractivity contribution in [1.29, 1.82) is 0 Å². The maximum atomic E-state index is 12.2. The van der Waals surface area contributed by atoms with Gasteiger partial charge in [-0.2, -0.15) is 0 Å². The smallest absolute Gasteiger partial charge is 0.323 e. The number of para-hydroxylation sites is 2. The van der Waals surface area contributed by atoms with E-state index in [0.717, 1.165) is 0 Å². The molecule has 0 unspecified atom stereocenters. The molecule has 6 heteroatoms. The molecule has 2 aromatic carbocycles. The highest BCUT2D eigenvalue weighted by atomic mass is 16.6. The lowest BCUT2D eigenvalue weighted by molar-refractivity contribution is 0.171. The van der Waals surface area contributed by atoms with Crippen molar-refractivity contribution < 1.29 is 19.0 Å². The van der Waals surface area contributed by atoms with Crippen LogP contribution in [0, 0.1) is 0 Å². The molecule has 2 aromatic rings. The summed E-state index contributed by atoms with van der Waals surface area (Å²) in [5.74, 6) is 1.94. The van der Waals surface area contributed by atoms with E-state index in [4.69, 9.17) is 14.2 Å². The Balaban J connectivity index is 1.68. The second-order valence-corrected chi connectivity index (χ2v) is 4.87. The average molecular weight is 314 g/mol. The van der Waals surface area contributed by atoms with Crippen molar-refractivity contribution in [3.63, 3.8) is 0 Å². The van der Waals surface area contributed by atoms with Gasteiger partial charge in [0.1, 0.15) is 19.0 Å². The van der Waals surface area contributed by atoms with E-state index in [1.807, 2.05) is 25.1 Å². The van der Waals surface area contributed by atoms with Gasteiger partial charge in [-0.3, -0.25) is 0 Å². The van der Waals surface area contributed by atoms with Gasteiger partial charge >= 0.3 is 6.03 Å². The van der Waals surface area contributed by atoms with Crippen molar-refractivity contribution in [1.82, 2.24) is 0 Å². The van der Waals surface area contributed by atoms with E-state index in [-0.39, 0.29) is 6.03 Å². The highest BCUT2D eigenvalue weighted by Crippen LogP contribution is 2.32. The van der Waals surface area contributed by atoms with Crippen molar-refractivity contribution in [2.75, 3.05) is 30.5 Å². The Kier molecular flexibility index (Phi) is 4.52. The molecule has 0 fully saturated rings. The Morgan fingerprint density at radius 2 is 1.87 bits per heavy atom. The van der Waals surface area contributed by atoms with Gasteiger partial charge in [0.05, 0.1) is 12.3 Å². The van der Waals surface area contributed by atoms with E-state index in [0.29, 0.717) is 48.4 Å². The molecule has 0 aromatic heterocycles. The molecule has 2 amide bonds. The van der Waals surface area contributed by atoms with Crippen LogP contribution in [0.4, 0.5) is 16.2 Å². The van der Waals surface area contributed by atoms with E-state index in [1.54, 1.807) is 24.3 Å². The van der Waals surface area contributed by atoms with Crippen LogP contribution >= 0.6 is 0 Å². The Labute approximate surface area is 134 Å². The Hall–Kier alpha value is -2.89. The summed E-state index contributed by atoms with van der Waals surface area (Å²) < 4.78 is 16.4. The largest absolute Gasteiger partial charge is 0.492 e. The van der Waals surface area contributed by atoms with Gasteiger partial charge in [0.2, 0.25) is 0 Å². The molecule has 1 aliphatic rings. The third kappa shape index (κ3) is 3.66. The van der Waals surface area contributed by atoms with Crippen LogP contribution in [-0.4, -0.2) is 25.9 Å². The summed E-state index contributed by atoms with van der Waals surface area (Å²) in [4.78, 5) is 12.2. The van der Waals surface area contributed by atoms with Gasteiger partial charge in [-0.1, -0.05) is 12.1 Å². The van der Waals surface area contributed by atoms with Crippen molar-refractivity contribution in [2.45, 2.75) is 6.92 Å². The highest BCUT2D eigenvalue weighted by molar-refractivity contribution is 6.00. The molecule has 0 atom stereocenters. The van der Waals surface area contributed by atoms with Crippen LogP contribution in [0.15, 0.2) is 42.5 Å². The zero-order valence-corrected chi connectivity index (χ0v) is 12.8. The number of anilines is 2. The molecule has 6 nitrogen and oxygen atoms in total. The predicted octanol–water partition coefficient (Wildman–Crippen LogP) is 3.50. The van der Waals surface area contributed by atoms with Crippen molar-refractivity contribution in [3.8, 4) is 17.2 Å². The third-order valence-corrected chi connectivity index (χ3v) is 3.24. The number of carbonyl (C=O) groups is 1. The SMILES string of the molecule is CCOc1ccccc1NC(=O)Nc1ccc2c(c1)OCCO2. The van der Waals surface area contributed by atoms with Gasteiger partial charge in [-0.15, -0.1) is 0 Å². The molecule has 0 saturated heterocycles. The lowest BCUT2D eigenvalue weighted by atomic mass is 10.2. The Morgan fingerprint density at radius 3 is 2.70 bits per heavy atom. The van der Waals surface area contributed by atoms with Crippen molar-refractivity contribution in [3.05, 3.63) is 42.5 Å². The van der Waals surface area contributed by atoms with Crippen LogP contribution in [0.2, 0.25) is 0 Å². The molecule has 0 spiro atoms. The number of amides is 2. The van der Waals surface area contributed by atoms with Crippen LogP contribution in [0.3, 0.4) is 0 Å². The number of carbonyl (C=O) groups excluding carboxylic acids is 1. The summed E-state index contributed by atoms with van der Waals surface area (Å²) in [7, 11) is 0. The van der Waals surface area contributed by atoms with E-state index < -0.39 is 0 Å². The standard InChI is InChI=1S/C17H18N2O4/c1-2-21-14-6-4-3-5-13(14)19-17(20)18-12-7-8-15-16(11-12)23-10-9-22-15/h3-8,11H,2,9-10H2,1H3,(H2,18,19,20). The van der Waals surface area contributed by atoms with Gasteiger partial charge in [-0.05, 0) is 31.2 Å². The summed E-state index contributed by atoms with van der Waals surface area (Å²) in [6, 6.07) is 12.2. The lowest BCUT2D eigenvalue weighted by Crippen LogP contribution is -2.20. The molecule has 3 rings (SSSR count). The van der Waals surface area contributed by atoms with Crippen LogP contribution in [0.5, 0.6) is 17.2 Å². The highest BCUT2D eigenvalue weighted by Gasteiger charge is 2.13. The monoisotopic (exact) mass is 314 g/mol. The first-order valence-corrected chi connectivity index (χ1v) is 7.46. The number of fused-ring (bicyclic) bond motifs is 1. The first-order chi connectivity index (χ1) is 11.3. The normalized spacial score (nSPS) is 12.4. The third-order valence-electron chi connectivity index (χ3n) is 3.24. The van der Waals surface area contributed by atoms with Gasteiger partial charge in [0.15, 0.2) is 11.5 Å². The fraction of sp³-hybridized carbons (Fsp3) is 0.235. The van der Waals surface area contributed by atoms with Crippen molar-refractivity contribution >= 4 is 17.4 Å². The summed E-state index contributed by atoms with van der Waals surface area (Å²) in [6.45, 7) is 3.47. The van der Waals surface area contributed by atoms with E-state index in [2.05, 4.69) is 10.6 Å². The van der Waals surface area contributed by atoms with Gasteiger partial charge in [0.25, 0.3) is 0 Å². The summed E-state index contributed by atoms with van der Waals surface area (Å²) >= 11 is 0. The number of hydrogen-bond acceptors (Lipinski definition) is 4. The number of nitrogens with one attached hydrogen (secondary N) is 2. The molecular formula is C17H18N2O4. The van der Waals surface area contributed by atoms with E-state index in [9.17, 15) is 4.79 Å². The minimum atomic E-state index is -0.353. The van der Waals surface area contributed by atoms with Crippen LogP contribution < -0.4 is 24.8 Å². The maximum absolute atomic E-state index is 12.2. The maximum Gasteiger partial charge on any atom is 0.323 e. The second-order valence-electron chi connectivity index (χ2n) is 4.87. The van der Waals surface area contributed by atoms with Gasteiger partial charge < -0.3 is 24.8 Å². The quantitative estimate of drug-likeness (QED) is 0.906. The van der Waals surface area contributed by atoms with Crippen molar-refractivity contribution in [2.24, 2.45) is 0 Å². The molecule has 0 radical (unpaired) electrons.